The minimum Gasteiger partial charge on any atom is -0.497 e. The van der Waals surface area contributed by atoms with E-state index in [0.717, 1.165) is 28.1 Å². The first-order valence-corrected chi connectivity index (χ1v) is 13.7. The molecule has 0 spiro atoms. The summed E-state index contributed by atoms with van der Waals surface area (Å²) in [6, 6.07) is 30.3. The fourth-order valence-electron chi connectivity index (χ4n) is 3.87. The summed E-state index contributed by atoms with van der Waals surface area (Å²) >= 11 is 13.4. The van der Waals surface area contributed by atoms with E-state index in [4.69, 9.17) is 37.7 Å². The second-order valence-electron chi connectivity index (χ2n) is 8.69. The topological polar surface area (TPSA) is 51.1 Å². The number of carbonyl (C=O) groups is 1. The van der Waals surface area contributed by atoms with Crippen molar-refractivity contribution in [1.29, 1.82) is 0 Å². The smallest absolute Gasteiger partial charge is 0.267 e. The fourth-order valence-corrected chi connectivity index (χ4v) is 5.18. The van der Waals surface area contributed by atoms with Crippen molar-refractivity contribution in [2.24, 2.45) is 4.99 Å². The number of para-hydroxylation sites is 1. The summed E-state index contributed by atoms with van der Waals surface area (Å²) in [6.45, 7) is 0.769. The van der Waals surface area contributed by atoms with Crippen LogP contribution in [0, 0.1) is 0 Å². The van der Waals surface area contributed by atoms with Gasteiger partial charge in [0.2, 0.25) is 0 Å². The minimum atomic E-state index is -0.0922. The predicted molar refractivity (Wildman–Crippen MR) is 160 cm³/mol. The second kappa shape index (κ2) is 12.4. The van der Waals surface area contributed by atoms with Crippen molar-refractivity contribution in [2.75, 3.05) is 7.11 Å². The summed E-state index contributed by atoms with van der Waals surface area (Å²) in [7, 11) is 1.63. The van der Waals surface area contributed by atoms with Crippen LogP contribution in [0.5, 0.6) is 11.5 Å². The Balaban J connectivity index is 1.33. The number of nitrogens with zero attached hydrogens (tertiary/aromatic N) is 2. The number of methoxy groups -OCH3 is 1. The minimum absolute atomic E-state index is 0.0922. The molecule has 0 bridgehead atoms. The molecule has 1 saturated heterocycles. The van der Waals surface area contributed by atoms with E-state index in [2.05, 4.69) is 0 Å². The van der Waals surface area contributed by atoms with Gasteiger partial charge in [-0.05, 0) is 83.1 Å². The van der Waals surface area contributed by atoms with Gasteiger partial charge in [0.05, 0.1) is 34.3 Å². The number of hydrogen-bond donors (Lipinski definition) is 0. The molecule has 4 aromatic carbocycles. The Morgan fingerprint density at radius 2 is 1.54 bits per heavy atom. The summed E-state index contributed by atoms with van der Waals surface area (Å²) < 4.78 is 11.1. The lowest BCUT2D eigenvalue weighted by Crippen LogP contribution is -2.28. The molecule has 196 valence electrons. The third-order valence-corrected chi connectivity index (χ3v) is 7.68. The Morgan fingerprint density at radius 3 is 2.23 bits per heavy atom. The normalized spacial score (nSPS) is 15.3. The second-order valence-corrected chi connectivity index (χ2v) is 10.5. The third kappa shape index (κ3) is 6.84. The van der Waals surface area contributed by atoms with Crippen molar-refractivity contribution in [1.82, 2.24) is 4.90 Å². The number of carbonyl (C=O) groups excluding carboxylic acids is 1. The van der Waals surface area contributed by atoms with Gasteiger partial charge >= 0.3 is 0 Å². The first kappa shape index (κ1) is 26.9. The number of halogens is 2. The molecule has 1 aliphatic heterocycles. The van der Waals surface area contributed by atoms with E-state index in [-0.39, 0.29) is 5.91 Å². The van der Waals surface area contributed by atoms with E-state index in [1.54, 1.807) is 24.1 Å². The Kier molecular flexibility index (Phi) is 8.57. The van der Waals surface area contributed by atoms with Gasteiger partial charge in [0.25, 0.3) is 5.91 Å². The maximum Gasteiger partial charge on any atom is 0.267 e. The molecular weight excluding hydrogens is 551 g/mol. The molecule has 5 nitrogen and oxygen atoms in total. The van der Waals surface area contributed by atoms with Gasteiger partial charge in [-0.2, -0.15) is 0 Å². The highest BCUT2D eigenvalue weighted by molar-refractivity contribution is 8.18. The quantitative estimate of drug-likeness (QED) is 0.198. The molecular formula is C31H24Cl2N2O3S. The molecule has 0 atom stereocenters. The van der Waals surface area contributed by atoms with E-state index in [1.165, 1.54) is 11.8 Å². The van der Waals surface area contributed by atoms with Gasteiger partial charge in [-0.3, -0.25) is 9.69 Å². The van der Waals surface area contributed by atoms with Crippen molar-refractivity contribution in [2.45, 2.75) is 13.2 Å². The predicted octanol–water partition coefficient (Wildman–Crippen LogP) is 8.39. The van der Waals surface area contributed by atoms with E-state index in [1.807, 2.05) is 91.0 Å². The van der Waals surface area contributed by atoms with Gasteiger partial charge in [0.1, 0.15) is 18.1 Å². The van der Waals surface area contributed by atoms with Gasteiger partial charge in [0, 0.05) is 0 Å². The van der Waals surface area contributed by atoms with E-state index in [0.29, 0.717) is 39.0 Å². The van der Waals surface area contributed by atoms with Gasteiger partial charge in [-0.25, -0.2) is 4.99 Å². The molecule has 5 rings (SSSR count). The molecule has 0 aliphatic carbocycles. The first-order chi connectivity index (χ1) is 19.0. The number of amidine groups is 1. The van der Waals surface area contributed by atoms with Crippen LogP contribution < -0.4 is 9.47 Å². The molecule has 1 aliphatic rings. The summed E-state index contributed by atoms with van der Waals surface area (Å²) in [4.78, 5) is 20.6. The molecule has 1 fully saturated rings. The zero-order chi connectivity index (χ0) is 27.2. The van der Waals surface area contributed by atoms with Gasteiger partial charge in [-0.15, -0.1) is 0 Å². The molecule has 0 radical (unpaired) electrons. The van der Waals surface area contributed by atoms with Crippen LogP contribution in [0.15, 0.2) is 107 Å². The number of rotatable bonds is 8. The Hall–Kier alpha value is -3.71. The Morgan fingerprint density at radius 1 is 0.846 bits per heavy atom. The van der Waals surface area contributed by atoms with Gasteiger partial charge < -0.3 is 9.47 Å². The maximum absolute atomic E-state index is 13.5. The lowest BCUT2D eigenvalue weighted by molar-refractivity contribution is -0.122. The zero-order valence-electron chi connectivity index (χ0n) is 21.0. The molecule has 0 saturated carbocycles. The summed E-state index contributed by atoms with van der Waals surface area (Å²) in [5, 5.41) is 1.64. The fraction of sp³-hybridized carbons (Fsp3) is 0.0968. The van der Waals surface area contributed by atoms with Crippen LogP contribution in [0.3, 0.4) is 0 Å². The van der Waals surface area contributed by atoms with Crippen molar-refractivity contribution >= 4 is 57.8 Å². The van der Waals surface area contributed by atoms with Gasteiger partial charge in [0.15, 0.2) is 5.17 Å². The molecule has 1 amide bonds. The van der Waals surface area contributed by atoms with Crippen LogP contribution in [0.2, 0.25) is 10.0 Å². The van der Waals surface area contributed by atoms with Gasteiger partial charge in [-0.1, -0.05) is 71.7 Å². The van der Waals surface area contributed by atoms with Crippen LogP contribution in [0.1, 0.15) is 16.7 Å². The first-order valence-electron chi connectivity index (χ1n) is 12.1. The Labute approximate surface area is 241 Å². The number of ether oxygens (including phenoxy) is 2. The number of thioether (sulfide) groups is 1. The van der Waals surface area contributed by atoms with Crippen LogP contribution in [-0.2, 0) is 17.9 Å². The van der Waals surface area contributed by atoms with Crippen LogP contribution in [0.4, 0.5) is 5.69 Å². The average Bonchev–Trinajstić information content (AvgIpc) is 3.24. The largest absolute Gasteiger partial charge is 0.497 e. The standard InChI is InChI=1S/C31H24Cl2N2O3S/c1-37-25-12-9-22(10-13-25)19-35-30(36)29(39-31(35)34-24-5-3-2-4-6-24)18-21-7-14-26(15-8-21)38-20-23-11-16-27(32)28(33)17-23/h2-18H,19-20H2,1H3/b29-18-,34-31?. The van der Waals surface area contributed by atoms with Crippen molar-refractivity contribution in [3.63, 3.8) is 0 Å². The molecule has 8 heteroatoms. The van der Waals surface area contributed by atoms with Crippen molar-refractivity contribution < 1.29 is 14.3 Å². The van der Waals surface area contributed by atoms with Crippen molar-refractivity contribution in [3.8, 4) is 11.5 Å². The molecule has 1 heterocycles. The van der Waals surface area contributed by atoms with Crippen LogP contribution >= 0.6 is 35.0 Å². The average molecular weight is 576 g/mol. The summed E-state index contributed by atoms with van der Waals surface area (Å²) in [5.41, 5.74) is 3.58. The maximum atomic E-state index is 13.5. The SMILES string of the molecule is COc1ccc(CN2C(=O)/C(=C/c3ccc(OCc4ccc(Cl)c(Cl)c4)cc3)SC2=Nc2ccccc2)cc1. The highest BCUT2D eigenvalue weighted by Crippen LogP contribution is 2.35. The number of hydrogen-bond acceptors (Lipinski definition) is 5. The summed E-state index contributed by atoms with van der Waals surface area (Å²) in [5.74, 6) is 1.38. The molecule has 39 heavy (non-hydrogen) atoms. The third-order valence-electron chi connectivity index (χ3n) is 5.94. The number of aliphatic imine (C=N–C) groups is 1. The number of benzene rings is 4. The van der Waals surface area contributed by atoms with Crippen LogP contribution in [-0.4, -0.2) is 23.1 Å². The molecule has 0 unspecified atom stereocenters. The monoisotopic (exact) mass is 574 g/mol. The lowest BCUT2D eigenvalue weighted by atomic mass is 10.2. The highest BCUT2D eigenvalue weighted by Gasteiger charge is 2.33. The zero-order valence-corrected chi connectivity index (χ0v) is 23.3. The Bertz CT molecular complexity index is 1520. The lowest BCUT2D eigenvalue weighted by Gasteiger charge is -2.16. The van der Waals surface area contributed by atoms with Crippen LogP contribution in [0.25, 0.3) is 6.08 Å². The molecule has 0 aromatic heterocycles. The molecule has 0 N–H and O–H groups in total. The summed E-state index contributed by atoms with van der Waals surface area (Å²) in [6.07, 6.45) is 1.88. The van der Waals surface area contributed by atoms with E-state index >= 15 is 0 Å². The highest BCUT2D eigenvalue weighted by atomic mass is 35.5. The van der Waals surface area contributed by atoms with E-state index in [9.17, 15) is 4.79 Å². The number of amides is 1. The van der Waals surface area contributed by atoms with E-state index < -0.39 is 0 Å². The molecule has 4 aromatic rings. The van der Waals surface area contributed by atoms with Crippen molar-refractivity contribution in [3.05, 3.63) is 129 Å².